The van der Waals surface area contributed by atoms with Gasteiger partial charge in [-0.25, -0.2) is 0 Å². The fraction of sp³-hybridized carbons (Fsp3) is 1.00. The quantitative estimate of drug-likeness (QED) is 0.531. The molecule has 0 radical (unpaired) electrons. The number of unbranched alkanes of at least 4 members (excludes halogenated alkanes) is 5. The maximum Gasteiger partial charge on any atom is -0.00773 e. The first-order valence-electron chi connectivity index (χ1n) is 6.82. The molecule has 0 unspecified atom stereocenters. The van der Waals surface area contributed by atoms with Crippen LogP contribution < -0.4 is 5.73 Å². The fourth-order valence-electron chi connectivity index (χ4n) is 2.08. The molecule has 0 saturated carbocycles. The zero-order valence-electron chi connectivity index (χ0n) is 11.1. The standard InChI is InChI=1S/C14H31N/c1-4-5-8-11-14(2,3)12-9-6-7-10-13-15/h4-13,15H2,1-3H3. The minimum Gasteiger partial charge on any atom is -0.330 e. The van der Waals surface area contributed by atoms with Gasteiger partial charge in [-0.15, -0.1) is 0 Å². The maximum atomic E-state index is 5.48. The van der Waals surface area contributed by atoms with E-state index in [4.69, 9.17) is 5.73 Å². The maximum absolute atomic E-state index is 5.48. The van der Waals surface area contributed by atoms with E-state index in [1.165, 1.54) is 57.8 Å². The molecule has 1 heteroatoms. The van der Waals surface area contributed by atoms with Crippen molar-refractivity contribution in [3.8, 4) is 0 Å². The van der Waals surface area contributed by atoms with Crippen LogP contribution in [0, 0.1) is 5.41 Å². The first kappa shape index (κ1) is 15.0. The highest BCUT2D eigenvalue weighted by molar-refractivity contribution is 4.68. The predicted molar refractivity (Wildman–Crippen MR) is 70.1 cm³/mol. The molecule has 0 heterocycles. The van der Waals surface area contributed by atoms with E-state index in [2.05, 4.69) is 20.8 Å². The normalized spacial score (nSPS) is 12.0. The van der Waals surface area contributed by atoms with Crippen molar-refractivity contribution in [3.63, 3.8) is 0 Å². The molecule has 0 rings (SSSR count). The molecule has 0 aromatic heterocycles. The zero-order valence-corrected chi connectivity index (χ0v) is 11.1. The number of nitrogens with two attached hydrogens (primary N) is 1. The second-order valence-electron chi connectivity index (χ2n) is 5.57. The molecule has 0 fully saturated rings. The van der Waals surface area contributed by atoms with E-state index >= 15 is 0 Å². The van der Waals surface area contributed by atoms with E-state index in [1.54, 1.807) is 0 Å². The van der Waals surface area contributed by atoms with Gasteiger partial charge in [-0.05, 0) is 31.2 Å². The lowest BCUT2D eigenvalue weighted by molar-refractivity contribution is 0.283. The summed E-state index contributed by atoms with van der Waals surface area (Å²) in [6, 6.07) is 0. The Bertz CT molecular complexity index is 129. The van der Waals surface area contributed by atoms with Crippen molar-refractivity contribution < 1.29 is 0 Å². The highest BCUT2D eigenvalue weighted by Crippen LogP contribution is 2.30. The lowest BCUT2D eigenvalue weighted by atomic mass is 9.82. The van der Waals surface area contributed by atoms with Gasteiger partial charge in [0.15, 0.2) is 0 Å². The summed E-state index contributed by atoms with van der Waals surface area (Å²) < 4.78 is 0. The van der Waals surface area contributed by atoms with E-state index in [1.807, 2.05) is 0 Å². The predicted octanol–water partition coefficient (Wildman–Crippen LogP) is 4.50. The van der Waals surface area contributed by atoms with Crippen LogP contribution >= 0.6 is 0 Å². The Hall–Kier alpha value is -0.0400. The first-order valence-corrected chi connectivity index (χ1v) is 6.82. The van der Waals surface area contributed by atoms with Crippen LogP contribution in [-0.2, 0) is 0 Å². The van der Waals surface area contributed by atoms with Gasteiger partial charge < -0.3 is 5.73 Å². The topological polar surface area (TPSA) is 26.0 Å². The van der Waals surface area contributed by atoms with Crippen molar-refractivity contribution in [2.24, 2.45) is 11.1 Å². The molecule has 0 amide bonds. The van der Waals surface area contributed by atoms with E-state index in [0.717, 1.165) is 6.54 Å². The number of rotatable bonds is 10. The lowest BCUT2D eigenvalue weighted by Gasteiger charge is -2.24. The molecule has 0 atom stereocenters. The molecule has 0 aliphatic rings. The molecule has 92 valence electrons. The van der Waals surface area contributed by atoms with Gasteiger partial charge in [-0.1, -0.05) is 59.3 Å². The Labute approximate surface area is 96.8 Å². The van der Waals surface area contributed by atoms with Crippen molar-refractivity contribution in [2.75, 3.05) is 6.54 Å². The molecule has 0 aromatic carbocycles. The van der Waals surface area contributed by atoms with Gasteiger partial charge in [0, 0.05) is 0 Å². The molecule has 2 N–H and O–H groups in total. The Morgan fingerprint density at radius 3 is 1.87 bits per heavy atom. The van der Waals surface area contributed by atoms with Gasteiger partial charge in [0.1, 0.15) is 0 Å². The average Bonchev–Trinajstić information content (AvgIpc) is 2.17. The molecule has 0 spiro atoms. The fourth-order valence-corrected chi connectivity index (χ4v) is 2.08. The largest absolute Gasteiger partial charge is 0.330 e. The minimum atomic E-state index is 0.567. The number of hydrogen-bond acceptors (Lipinski definition) is 1. The summed E-state index contributed by atoms with van der Waals surface area (Å²) in [6.07, 6.45) is 12.2. The van der Waals surface area contributed by atoms with Crippen LogP contribution in [0.4, 0.5) is 0 Å². The average molecular weight is 213 g/mol. The molecular formula is C14H31N. The van der Waals surface area contributed by atoms with Crippen LogP contribution in [0.15, 0.2) is 0 Å². The van der Waals surface area contributed by atoms with Crippen molar-refractivity contribution in [3.05, 3.63) is 0 Å². The van der Waals surface area contributed by atoms with Crippen LogP contribution in [0.25, 0.3) is 0 Å². The zero-order chi connectivity index (χ0) is 11.6. The highest BCUT2D eigenvalue weighted by atomic mass is 14.5. The Kier molecular flexibility index (Phi) is 9.18. The summed E-state index contributed by atoms with van der Waals surface area (Å²) in [5, 5.41) is 0. The molecule has 1 nitrogen and oxygen atoms in total. The third-order valence-electron chi connectivity index (χ3n) is 3.26. The van der Waals surface area contributed by atoms with Gasteiger partial charge >= 0.3 is 0 Å². The third-order valence-corrected chi connectivity index (χ3v) is 3.26. The highest BCUT2D eigenvalue weighted by Gasteiger charge is 2.16. The smallest absolute Gasteiger partial charge is 0.00773 e. The van der Waals surface area contributed by atoms with Crippen molar-refractivity contribution >= 4 is 0 Å². The van der Waals surface area contributed by atoms with Crippen LogP contribution in [0.5, 0.6) is 0 Å². The molecule has 15 heavy (non-hydrogen) atoms. The van der Waals surface area contributed by atoms with Crippen LogP contribution in [-0.4, -0.2) is 6.54 Å². The molecule has 0 saturated heterocycles. The summed E-state index contributed by atoms with van der Waals surface area (Å²) in [5.41, 5.74) is 6.04. The Morgan fingerprint density at radius 1 is 0.800 bits per heavy atom. The monoisotopic (exact) mass is 213 g/mol. The third kappa shape index (κ3) is 10.2. The summed E-state index contributed by atoms with van der Waals surface area (Å²) >= 11 is 0. The Balaban J connectivity index is 3.38. The number of hydrogen-bond donors (Lipinski definition) is 1. The van der Waals surface area contributed by atoms with Crippen LogP contribution in [0.2, 0.25) is 0 Å². The summed E-state index contributed by atoms with van der Waals surface area (Å²) in [7, 11) is 0. The molecule has 0 aliphatic heterocycles. The van der Waals surface area contributed by atoms with E-state index in [0.29, 0.717) is 5.41 Å². The van der Waals surface area contributed by atoms with Gasteiger partial charge in [0.05, 0.1) is 0 Å². The lowest BCUT2D eigenvalue weighted by Crippen LogP contribution is -2.11. The van der Waals surface area contributed by atoms with Crippen LogP contribution in [0.1, 0.15) is 78.6 Å². The minimum absolute atomic E-state index is 0.567. The second kappa shape index (κ2) is 9.21. The van der Waals surface area contributed by atoms with Crippen molar-refractivity contribution in [1.82, 2.24) is 0 Å². The molecular weight excluding hydrogens is 182 g/mol. The van der Waals surface area contributed by atoms with Crippen LogP contribution in [0.3, 0.4) is 0 Å². The summed E-state index contributed by atoms with van der Waals surface area (Å²) in [5.74, 6) is 0. The van der Waals surface area contributed by atoms with E-state index in [9.17, 15) is 0 Å². The SMILES string of the molecule is CCCCCC(C)(C)CCCCCCN. The summed E-state index contributed by atoms with van der Waals surface area (Å²) in [6.45, 7) is 7.98. The first-order chi connectivity index (χ1) is 7.12. The molecule has 0 bridgehead atoms. The second-order valence-corrected chi connectivity index (χ2v) is 5.57. The van der Waals surface area contributed by atoms with Gasteiger partial charge in [-0.3, -0.25) is 0 Å². The molecule has 0 aliphatic carbocycles. The summed E-state index contributed by atoms with van der Waals surface area (Å²) in [4.78, 5) is 0. The van der Waals surface area contributed by atoms with Crippen molar-refractivity contribution in [1.29, 1.82) is 0 Å². The van der Waals surface area contributed by atoms with Crippen molar-refractivity contribution in [2.45, 2.75) is 78.6 Å². The van der Waals surface area contributed by atoms with E-state index < -0.39 is 0 Å². The van der Waals surface area contributed by atoms with Gasteiger partial charge in [0.25, 0.3) is 0 Å². The van der Waals surface area contributed by atoms with Gasteiger partial charge in [0.2, 0.25) is 0 Å². The molecule has 0 aromatic rings. The Morgan fingerprint density at radius 2 is 1.33 bits per heavy atom. The van der Waals surface area contributed by atoms with E-state index in [-0.39, 0.29) is 0 Å². The van der Waals surface area contributed by atoms with Gasteiger partial charge in [-0.2, -0.15) is 0 Å².